The predicted molar refractivity (Wildman–Crippen MR) is 111 cm³/mol. The Morgan fingerprint density at radius 1 is 0.786 bits per heavy atom. The number of rotatable bonds is 4. The first-order valence-corrected chi connectivity index (χ1v) is 9.33. The molecule has 0 aliphatic carbocycles. The van der Waals surface area contributed by atoms with Crippen molar-refractivity contribution in [3.63, 3.8) is 0 Å². The molecule has 0 saturated carbocycles. The van der Waals surface area contributed by atoms with Crippen LogP contribution < -0.4 is 10.4 Å². The van der Waals surface area contributed by atoms with Crippen molar-refractivity contribution in [3.05, 3.63) is 76.5 Å². The van der Waals surface area contributed by atoms with E-state index in [9.17, 15) is 14.7 Å². The number of nitrogens with one attached hydrogen (secondary N) is 1. The second kappa shape index (κ2) is 8.01. The van der Waals surface area contributed by atoms with E-state index >= 15 is 0 Å². The highest BCUT2D eigenvalue weighted by Crippen LogP contribution is 2.23. The van der Waals surface area contributed by atoms with E-state index in [0.29, 0.717) is 11.1 Å². The standard InChI is InChI=1S/C24H29NO3/c1-23(2,3)18-11-7-16(8-12-18)15-20(22(27)28)25-21(26)17-9-13-19(14-10-17)24(4,5)6/h7-15H,1-6H3,(H,25,26)(H,27,28)/p-1/b20-15+. The van der Waals surface area contributed by atoms with Crippen LogP contribution in [-0.2, 0) is 15.6 Å². The van der Waals surface area contributed by atoms with E-state index in [1.165, 1.54) is 6.08 Å². The minimum absolute atomic E-state index is 0.00681. The molecule has 0 aromatic heterocycles. The minimum atomic E-state index is -1.43. The van der Waals surface area contributed by atoms with Gasteiger partial charge in [0.1, 0.15) is 0 Å². The van der Waals surface area contributed by atoms with Crippen LogP contribution in [0.3, 0.4) is 0 Å². The number of carboxylic acid groups (broad SMARTS) is 1. The highest BCUT2D eigenvalue weighted by atomic mass is 16.4. The van der Waals surface area contributed by atoms with Gasteiger partial charge in [-0.15, -0.1) is 0 Å². The molecule has 28 heavy (non-hydrogen) atoms. The lowest BCUT2D eigenvalue weighted by Crippen LogP contribution is -2.35. The van der Waals surface area contributed by atoms with Crippen LogP contribution in [0.1, 0.15) is 68.6 Å². The van der Waals surface area contributed by atoms with E-state index in [4.69, 9.17) is 0 Å². The summed E-state index contributed by atoms with van der Waals surface area (Å²) in [4.78, 5) is 23.9. The molecule has 4 nitrogen and oxygen atoms in total. The van der Waals surface area contributed by atoms with Crippen LogP contribution in [0, 0.1) is 0 Å². The molecule has 0 aliphatic heterocycles. The summed E-state index contributed by atoms with van der Waals surface area (Å²) in [6, 6.07) is 14.7. The third kappa shape index (κ3) is 5.56. The zero-order valence-corrected chi connectivity index (χ0v) is 17.4. The number of benzene rings is 2. The summed E-state index contributed by atoms with van der Waals surface area (Å²) in [6.45, 7) is 12.6. The topological polar surface area (TPSA) is 69.2 Å². The van der Waals surface area contributed by atoms with Crippen LogP contribution in [0.2, 0.25) is 0 Å². The fourth-order valence-electron chi connectivity index (χ4n) is 2.71. The van der Waals surface area contributed by atoms with Gasteiger partial charge in [-0.25, -0.2) is 0 Å². The fourth-order valence-corrected chi connectivity index (χ4v) is 2.71. The Kier molecular flexibility index (Phi) is 6.13. The zero-order chi connectivity index (χ0) is 21.1. The van der Waals surface area contributed by atoms with Gasteiger partial charge in [-0.3, -0.25) is 4.79 Å². The summed E-state index contributed by atoms with van der Waals surface area (Å²) < 4.78 is 0. The monoisotopic (exact) mass is 378 g/mol. The molecule has 1 N–H and O–H groups in total. The van der Waals surface area contributed by atoms with Gasteiger partial charge in [0, 0.05) is 5.56 Å². The molecule has 2 aromatic carbocycles. The molecule has 0 spiro atoms. The summed E-state index contributed by atoms with van der Waals surface area (Å²) >= 11 is 0. The van der Waals surface area contributed by atoms with Gasteiger partial charge in [0.2, 0.25) is 0 Å². The molecule has 0 unspecified atom stereocenters. The van der Waals surface area contributed by atoms with E-state index in [0.717, 1.165) is 11.1 Å². The Bertz CT molecular complexity index is 877. The smallest absolute Gasteiger partial charge is 0.255 e. The summed E-state index contributed by atoms with van der Waals surface area (Å²) in [6.07, 6.45) is 1.41. The normalized spacial score (nSPS) is 12.6. The molecule has 4 heteroatoms. The Morgan fingerprint density at radius 2 is 1.21 bits per heavy atom. The SMILES string of the molecule is CC(C)(C)c1ccc(/C=C(/NC(=O)c2ccc(C(C)(C)C)cc2)C(=O)[O-])cc1. The highest BCUT2D eigenvalue weighted by molar-refractivity contribution is 6.02. The van der Waals surface area contributed by atoms with Crippen LogP contribution in [0.5, 0.6) is 0 Å². The summed E-state index contributed by atoms with van der Waals surface area (Å²) in [5.41, 5.74) is 3.02. The molecular weight excluding hydrogens is 350 g/mol. The minimum Gasteiger partial charge on any atom is -0.543 e. The highest BCUT2D eigenvalue weighted by Gasteiger charge is 2.15. The van der Waals surface area contributed by atoms with Crippen LogP contribution >= 0.6 is 0 Å². The van der Waals surface area contributed by atoms with Gasteiger partial charge < -0.3 is 15.2 Å². The van der Waals surface area contributed by atoms with Gasteiger partial charge in [-0.05, 0) is 45.7 Å². The maximum atomic E-state index is 12.5. The summed E-state index contributed by atoms with van der Waals surface area (Å²) in [5, 5.41) is 13.9. The lowest BCUT2D eigenvalue weighted by Gasteiger charge is -2.19. The van der Waals surface area contributed by atoms with Gasteiger partial charge in [0.15, 0.2) is 0 Å². The van der Waals surface area contributed by atoms with Gasteiger partial charge >= 0.3 is 0 Å². The number of carboxylic acids is 1. The van der Waals surface area contributed by atoms with Crippen molar-refractivity contribution in [2.45, 2.75) is 52.4 Å². The van der Waals surface area contributed by atoms with E-state index in [-0.39, 0.29) is 16.5 Å². The molecule has 1 amide bonds. The molecule has 0 saturated heterocycles. The number of carbonyl (C=O) groups excluding carboxylic acids is 2. The third-order valence-electron chi connectivity index (χ3n) is 4.57. The number of amides is 1. The number of carbonyl (C=O) groups is 2. The largest absolute Gasteiger partial charge is 0.543 e. The molecule has 148 valence electrons. The maximum absolute atomic E-state index is 12.5. The van der Waals surface area contributed by atoms with Crippen LogP contribution in [0.4, 0.5) is 0 Å². The molecule has 0 bridgehead atoms. The van der Waals surface area contributed by atoms with Crippen LogP contribution in [0.25, 0.3) is 6.08 Å². The van der Waals surface area contributed by atoms with Crippen molar-refractivity contribution >= 4 is 18.0 Å². The van der Waals surface area contributed by atoms with E-state index in [1.54, 1.807) is 12.1 Å². The average molecular weight is 378 g/mol. The van der Waals surface area contributed by atoms with Gasteiger partial charge in [-0.2, -0.15) is 0 Å². The first-order valence-electron chi connectivity index (χ1n) is 9.33. The summed E-state index contributed by atoms with van der Waals surface area (Å²) in [5.74, 6) is -1.92. The number of hydrogen-bond acceptors (Lipinski definition) is 3. The van der Waals surface area contributed by atoms with Crippen LogP contribution in [-0.4, -0.2) is 11.9 Å². The van der Waals surface area contributed by atoms with Crippen molar-refractivity contribution < 1.29 is 14.7 Å². The van der Waals surface area contributed by atoms with Crippen LogP contribution in [0.15, 0.2) is 54.2 Å². The zero-order valence-electron chi connectivity index (χ0n) is 17.4. The van der Waals surface area contributed by atoms with E-state index in [1.807, 2.05) is 36.4 Å². The van der Waals surface area contributed by atoms with Gasteiger partial charge in [-0.1, -0.05) is 77.9 Å². The molecule has 2 aromatic rings. The molecule has 0 heterocycles. The van der Waals surface area contributed by atoms with Crippen molar-refractivity contribution in [2.75, 3.05) is 0 Å². The number of hydrogen-bond donors (Lipinski definition) is 1. The van der Waals surface area contributed by atoms with E-state index in [2.05, 4.69) is 46.9 Å². The lowest BCUT2D eigenvalue weighted by atomic mass is 9.86. The summed E-state index contributed by atoms with van der Waals surface area (Å²) in [7, 11) is 0. The number of aliphatic carboxylic acids is 1. The Morgan fingerprint density at radius 3 is 1.61 bits per heavy atom. The second-order valence-electron chi connectivity index (χ2n) is 9.00. The van der Waals surface area contributed by atoms with E-state index < -0.39 is 11.9 Å². The molecule has 0 aliphatic rings. The Labute approximate surface area is 167 Å². The molecule has 0 fully saturated rings. The predicted octanol–water partition coefficient (Wildman–Crippen LogP) is 3.80. The van der Waals surface area contributed by atoms with Crippen molar-refractivity contribution in [3.8, 4) is 0 Å². The molecule has 0 radical (unpaired) electrons. The third-order valence-corrected chi connectivity index (χ3v) is 4.57. The Hall–Kier alpha value is -2.88. The van der Waals surface area contributed by atoms with Crippen molar-refractivity contribution in [1.29, 1.82) is 0 Å². The maximum Gasteiger partial charge on any atom is 0.255 e. The fraction of sp³-hybridized carbons (Fsp3) is 0.333. The molecular formula is C24H28NO3-. The average Bonchev–Trinajstić information content (AvgIpc) is 2.60. The van der Waals surface area contributed by atoms with Crippen molar-refractivity contribution in [2.24, 2.45) is 0 Å². The van der Waals surface area contributed by atoms with Gasteiger partial charge in [0.25, 0.3) is 5.91 Å². The quantitative estimate of drug-likeness (QED) is 0.823. The first-order chi connectivity index (χ1) is 12.9. The molecule has 0 atom stereocenters. The first kappa shape index (κ1) is 21.4. The molecule has 2 rings (SSSR count). The Balaban J connectivity index is 2.21. The lowest BCUT2D eigenvalue weighted by molar-refractivity contribution is -0.299. The second-order valence-corrected chi connectivity index (χ2v) is 9.00. The van der Waals surface area contributed by atoms with Crippen molar-refractivity contribution in [1.82, 2.24) is 5.32 Å². The van der Waals surface area contributed by atoms with Gasteiger partial charge in [0.05, 0.1) is 11.7 Å².